The fourth-order valence-corrected chi connectivity index (χ4v) is 1.71. The number of rotatable bonds is 5. The van der Waals surface area contributed by atoms with Crippen molar-refractivity contribution in [3.63, 3.8) is 0 Å². The van der Waals surface area contributed by atoms with Crippen molar-refractivity contribution in [2.24, 2.45) is 5.92 Å². The van der Waals surface area contributed by atoms with Crippen LogP contribution in [0.25, 0.3) is 11.4 Å². The van der Waals surface area contributed by atoms with Crippen molar-refractivity contribution < 1.29 is 4.42 Å². The molecule has 17 heavy (non-hydrogen) atoms. The smallest absolute Gasteiger partial charge is 0.141 e. The van der Waals surface area contributed by atoms with Crippen LogP contribution in [0.15, 0.2) is 22.9 Å². The molecule has 92 valence electrons. The SMILES string of the molecule is Cc1occc1-c1ncc(CNCC(C)C)[nH]1. The second-order valence-corrected chi connectivity index (χ2v) is 4.67. The van der Waals surface area contributed by atoms with Crippen LogP contribution in [0.5, 0.6) is 0 Å². The fourth-order valence-electron chi connectivity index (χ4n) is 1.71. The molecule has 0 amide bonds. The summed E-state index contributed by atoms with van der Waals surface area (Å²) in [6.45, 7) is 8.16. The maximum atomic E-state index is 5.27. The molecule has 2 aromatic rings. The van der Waals surface area contributed by atoms with Gasteiger partial charge in [0.2, 0.25) is 0 Å². The minimum absolute atomic E-state index is 0.661. The van der Waals surface area contributed by atoms with Gasteiger partial charge in [0.1, 0.15) is 11.6 Å². The lowest BCUT2D eigenvalue weighted by Crippen LogP contribution is -2.19. The van der Waals surface area contributed by atoms with Gasteiger partial charge < -0.3 is 14.7 Å². The number of hydrogen-bond acceptors (Lipinski definition) is 3. The van der Waals surface area contributed by atoms with Crippen LogP contribution in [0.4, 0.5) is 0 Å². The van der Waals surface area contributed by atoms with Gasteiger partial charge in [-0.05, 0) is 25.5 Å². The van der Waals surface area contributed by atoms with E-state index in [9.17, 15) is 0 Å². The Kier molecular flexibility index (Phi) is 3.64. The van der Waals surface area contributed by atoms with Gasteiger partial charge in [-0.1, -0.05) is 13.8 Å². The average molecular weight is 233 g/mol. The van der Waals surface area contributed by atoms with Gasteiger partial charge in [0.15, 0.2) is 0 Å². The third-order valence-electron chi connectivity index (χ3n) is 2.61. The highest BCUT2D eigenvalue weighted by molar-refractivity contribution is 5.57. The summed E-state index contributed by atoms with van der Waals surface area (Å²) in [5, 5.41) is 3.38. The molecule has 2 N–H and O–H groups in total. The first kappa shape index (κ1) is 11.9. The molecular weight excluding hydrogens is 214 g/mol. The van der Waals surface area contributed by atoms with Crippen LogP contribution in [-0.4, -0.2) is 16.5 Å². The fraction of sp³-hybridized carbons (Fsp3) is 0.462. The second kappa shape index (κ2) is 5.19. The Hall–Kier alpha value is -1.55. The van der Waals surface area contributed by atoms with Crippen LogP contribution in [-0.2, 0) is 6.54 Å². The van der Waals surface area contributed by atoms with E-state index >= 15 is 0 Å². The molecule has 0 saturated heterocycles. The predicted octanol–water partition coefficient (Wildman–Crippen LogP) is 2.72. The summed E-state index contributed by atoms with van der Waals surface area (Å²) >= 11 is 0. The Labute approximate surface area is 101 Å². The molecular formula is C13H19N3O. The quantitative estimate of drug-likeness (QED) is 0.835. The summed E-state index contributed by atoms with van der Waals surface area (Å²) in [5.74, 6) is 2.42. The monoisotopic (exact) mass is 233 g/mol. The minimum Gasteiger partial charge on any atom is -0.469 e. The largest absolute Gasteiger partial charge is 0.469 e. The van der Waals surface area contributed by atoms with Crippen molar-refractivity contribution >= 4 is 0 Å². The number of H-pyrrole nitrogens is 1. The molecule has 0 fully saturated rings. The first-order valence-corrected chi connectivity index (χ1v) is 5.96. The first-order chi connectivity index (χ1) is 8.16. The topological polar surface area (TPSA) is 53.9 Å². The molecule has 0 aromatic carbocycles. The summed E-state index contributed by atoms with van der Waals surface area (Å²) in [7, 11) is 0. The molecule has 2 aromatic heterocycles. The zero-order valence-corrected chi connectivity index (χ0v) is 10.6. The number of furan rings is 1. The number of nitrogens with zero attached hydrogens (tertiary/aromatic N) is 1. The van der Waals surface area contributed by atoms with E-state index < -0.39 is 0 Å². The van der Waals surface area contributed by atoms with E-state index in [0.29, 0.717) is 5.92 Å². The Bertz CT molecular complexity index is 470. The van der Waals surface area contributed by atoms with E-state index in [1.807, 2.05) is 19.2 Å². The number of imidazole rings is 1. The standard InChI is InChI=1S/C13H19N3O/c1-9(2)6-14-7-11-8-15-13(16-11)12-4-5-17-10(12)3/h4-5,8-9,14H,6-7H2,1-3H3,(H,15,16). The van der Waals surface area contributed by atoms with Crippen LogP contribution < -0.4 is 5.32 Å². The van der Waals surface area contributed by atoms with E-state index in [0.717, 1.165) is 35.9 Å². The van der Waals surface area contributed by atoms with E-state index in [1.54, 1.807) is 6.26 Å². The molecule has 0 unspecified atom stereocenters. The van der Waals surface area contributed by atoms with Crippen LogP contribution in [0.1, 0.15) is 25.3 Å². The van der Waals surface area contributed by atoms with Gasteiger partial charge in [-0.2, -0.15) is 0 Å². The molecule has 0 atom stereocenters. The van der Waals surface area contributed by atoms with Crippen LogP contribution in [0, 0.1) is 12.8 Å². The zero-order valence-electron chi connectivity index (χ0n) is 10.6. The maximum Gasteiger partial charge on any atom is 0.141 e. The Morgan fingerprint density at radius 1 is 1.47 bits per heavy atom. The van der Waals surface area contributed by atoms with Gasteiger partial charge >= 0.3 is 0 Å². The van der Waals surface area contributed by atoms with Gasteiger partial charge in [0.25, 0.3) is 0 Å². The molecule has 0 aliphatic carbocycles. The van der Waals surface area contributed by atoms with E-state index in [-0.39, 0.29) is 0 Å². The van der Waals surface area contributed by atoms with Crippen molar-refractivity contribution in [3.8, 4) is 11.4 Å². The summed E-state index contributed by atoms with van der Waals surface area (Å²) in [4.78, 5) is 7.66. The van der Waals surface area contributed by atoms with Crippen molar-refractivity contribution in [2.45, 2.75) is 27.3 Å². The number of aromatic amines is 1. The highest BCUT2D eigenvalue weighted by atomic mass is 16.3. The number of nitrogens with one attached hydrogen (secondary N) is 2. The van der Waals surface area contributed by atoms with Gasteiger partial charge in [-0.3, -0.25) is 0 Å². The highest BCUT2D eigenvalue weighted by Gasteiger charge is 2.08. The summed E-state index contributed by atoms with van der Waals surface area (Å²) in [6.07, 6.45) is 3.55. The molecule has 2 rings (SSSR count). The summed E-state index contributed by atoms with van der Waals surface area (Å²) in [5.41, 5.74) is 2.13. The third-order valence-corrected chi connectivity index (χ3v) is 2.61. The van der Waals surface area contributed by atoms with Crippen LogP contribution in [0.2, 0.25) is 0 Å². The van der Waals surface area contributed by atoms with Gasteiger partial charge in [0.05, 0.1) is 11.8 Å². The van der Waals surface area contributed by atoms with Gasteiger partial charge in [-0.25, -0.2) is 4.98 Å². The summed E-state index contributed by atoms with van der Waals surface area (Å²) in [6, 6.07) is 1.93. The molecule has 4 heteroatoms. The molecule has 0 aliphatic heterocycles. The van der Waals surface area contributed by atoms with Crippen molar-refractivity contribution in [1.29, 1.82) is 0 Å². The number of hydrogen-bond donors (Lipinski definition) is 2. The van der Waals surface area contributed by atoms with E-state index in [2.05, 4.69) is 29.1 Å². The van der Waals surface area contributed by atoms with Crippen molar-refractivity contribution in [2.75, 3.05) is 6.54 Å². The zero-order chi connectivity index (χ0) is 12.3. The normalized spacial score (nSPS) is 11.3. The lowest BCUT2D eigenvalue weighted by atomic mass is 10.2. The lowest BCUT2D eigenvalue weighted by molar-refractivity contribution is 0.535. The lowest BCUT2D eigenvalue weighted by Gasteiger charge is -2.05. The average Bonchev–Trinajstić information content (AvgIpc) is 2.86. The number of aromatic nitrogens is 2. The Balaban J connectivity index is 1.99. The van der Waals surface area contributed by atoms with E-state index in [1.165, 1.54) is 0 Å². The second-order valence-electron chi connectivity index (χ2n) is 4.67. The molecule has 0 spiro atoms. The number of aryl methyl sites for hydroxylation is 1. The molecule has 2 heterocycles. The van der Waals surface area contributed by atoms with Crippen molar-refractivity contribution in [3.05, 3.63) is 30.0 Å². The molecule has 0 radical (unpaired) electrons. The highest BCUT2D eigenvalue weighted by Crippen LogP contribution is 2.20. The van der Waals surface area contributed by atoms with Crippen LogP contribution >= 0.6 is 0 Å². The molecule has 0 saturated carbocycles. The van der Waals surface area contributed by atoms with Crippen molar-refractivity contribution in [1.82, 2.24) is 15.3 Å². The van der Waals surface area contributed by atoms with Gasteiger partial charge in [-0.15, -0.1) is 0 Å². The third kappa shape index (κ3) is 2.97. The maximum absolute atomic E-state index is 5.27. The molecule has 0 bridgehead atoms. The molecule has 4 nitrogen and oxygen atoms in total. The van der Waals surface area contributed by atoms with E-state index in [4.69, 9.17) is 4.42 Å². The first-order valence-electron chi connectivity index (χ1n) is 5.96. The minimum atomic E-state index is 0.661. The molecule has 0 aliphatic rings. The Morgan fingerprint density at radius 3 is 2.94 bits per heavy atom. The summed E-state index contributed by atoms with van der Waals surface area (Å²) < 4.78 is 5.27. The van der Waals surface area contributed by atoms with Crippen LogP contribution in [0.3, 0.4) is 0 Å². The van der Waals surface area contributed by atoms with Gasteiger partial charge in [0, 0.05) is 18.4 Å². The Morgan fingerprint density at radius 2 is 2.29 bits per heavy atom. The predicted molar refractivity (Wildman–Crippen MR) is 67.6 cm³/mol.